The molecule has 0 spiro atoms. The van der Waals surface area contributed by atoms with Crippen LogP contribution in [0.1, 0.15) is 12.8 Å². The quantitative estimate of drug-likeness (QED) is 0.479. The van der Waals surface area contributed by atoms with E-state index in [0.29, 0.717) is 0 Å². The van der Waals surface area contributed by atoms with Crippen molar-refractivity contribution in [2.45, 2.75) is 18.9 Å². The first-order chi connectivity index (χ1) is 5.33. The number of rotatable bonds is 4. The van der Waals surface area contributed by atoms with Crippen molar-refractivity contribution in [2.75, 3.05) is 32.4 Å². The van der Waals surface area contributed by atoms with E-state index in [4.69, 9.17) is 0 Å². The smallest absolute Gasteiger partial charge is 0.0207 e. The summed E-state index contributed by atoms with van der Waals surface area (Å²) in [4.78, 5) is 2.37. The molecule has 1 rings (SSSR count). The van der Waals surface area contributed by atoms with E-state index in [2.05, 4.69) is 29.9 Å². The SMILES string of the molecule is CN1CCC(NCCCS)C1. The van der Waals surface area contributed by atoms with Gasteiger partial charge in [0.25, 0.3) is 0 Å². The molecule has 0 amide bonds. The molecule has 11 heavy (non-hydrogen) atoms. The highest BCUT2D eigenvalue weighted by Gasteiger charge is 2.17. The van der Waals surface area contributed by atoms with E-state index in [-0.39, 0.29) is 0 Å². The van der Waals surface area contributed by atoms with E-state index in [1.54, 1.807) is 0 Å². The lowest BCUT2D eigenvalue weighted by Gasteiger charge is -2.11. The number of nitrogens with zero attached hydrogens (tertiary/aromatic N) is 1. The summed E-state index contributed by atoms with van der Waals surface area (Å²) in [5.41, 5.74) is 0. The summed E-state index contributed by atoms with van der Waals surface area (Å²) in [6.45, 7) is 3.59. The van der Waals surface area contributed by atoms with Crippen LogP contribution >= 0.6 is 12.6 Å². The maximum Gasteiger partial charge on any atom is 0.0207 e. The van der Waals surface area contributed by atoms with Crippen LogP contribution in [0.5, 0.6) is 0 Å². The predicted octanol–water partition coefficient (Wildman–Crippen LogP) is 0.600. The summed E-state index contributed by atoms with van der Waals surface area (Å²) in [6, 6.07) is 0.736. The van der Waals surface area contributed by atoms with Crippen molar-refractivity contribution in [3.8, 4) is 0 Å². The van der Waals surface area contributed by atoms with Crippen LogP contribution in [0.15, 0.2) is 0 Å². The summed E-state index contributed by atoms with van der Waals surface area (Å²) in [5.74, 6) is 0.996. The van der Waals surface area contributed by atoms with Gasteiger partial charge in [-0.3, -0.25) is 0 Å². The largest absolute Gasteiger partial charge is 0.313 e. The third-order valence-corrected chi connectivity index (χ3v) is 2.48. The van der Waals surface area contributed by atoms with Crippen molar-refractivity contribution in [1.29, 1.82) is 0 Å². The summed E-state index contributed by atoms with van der Waals surface area (Å²) in [5, 5.41) is 3.52. The second kappa shape index (κ2) is 5.01. The third-order valence-electron chi connectivity index (χ3n) is 2.16. The summed E-state index contributed by atoms with van der Waals surface area (Å²) in [7, 11) is 2.18. The third kappa shape index (κ3) is 3.45. The molecular formula is C8H18N2S. The Morgan fingerprint density at radius 3 is 3.00 bits per heavy atom. The molecule has 1 unspecified atom stereocenters. The van der Waals surface area contributed by atoms with Crippen LogP contribution in [0.25, 0.3) is 0 Å². The molecule has 1 saturated heterocycles. The fourth-order valence-electron chi connectivity index (χ4n) is 1.49. The standard InChI is InChI=1S/C8H18N2S/c1-10-5-3-8(7-10)9-4-2-6-11/h8-9,11H,2-7H2,1H3. The lowest BCUT2D eigenvalue weighted by Crippen LogP contribution is -2.32. The van der Waals surface area contributed by atoms with E-state index in [1.165, 1.54) is 25.9 Å². The van der Waals surface area contributed by atoms with Crippen molar-refractivity contribution < 1.29 is 0 Å². The van der Waals surface area contributed by atoms with Gasteiger partial charge >= 0.3 is 0 Å². The van der Waals surface area contributed by atoms with Gasteiger partial charge in [0.15, 0.2) is 0 Å². The number of hydrogen-bond acceptors (Lipinski definition) is 3. The summed E-state index contributed by atoms with van der Waals surface area (Å²) < 4.78 is 0. The number of nitrogens with one attached hydrogen (secondary N) is 1. The lowest BCUT2D eigenvalue weighted by molar-refractivity contribution is 0.398. The normalized spacial score (nSPS) is 26.2. The first kappa shape index (κ1) is 9.36. The van der Waals surface area contributed by atoms with Crippen LogP contribution in [0, 0.1) is 0 Å². The highest BCUT2D eigenvalue weighted by atomic mass is 32.1. The van der Waals surface area contributed by atoms with Gasteiger partial charge < -0.3 is 10.2 Å². The van der Waals surface area contributed by atoms with Gasteiger partial charge in [0.05, 0.1) is 0 Å². The van der Waals surface area contributed by atoms with Crippen molar-refractivity contribution in [3.05, 3.63) is 0 Å². The van der Waals surface area contributed by atoms with Crippen molar-refractivity contribution in [2.24, 2.45) is 0 Å². The molecule has 1 aliphatic rings. The van der Waals surface area contributed by atoms with Gasteiger partial charge in [-0.05, 0) is 38.7 Å². The van der Waals surface area contributed by atoms with Crippen LogP contribution in [0.2, 0.25) is 0 Å². The lowest BCUT2D eigenvalue weighted by atomic mass is 10.2. The Morgan fingerprint density at radius 2 is 2.45 bits per heavy atom. The average molecular weight is 174 g/mol. The minimum atomic E-state index is 0.736. The van der Waals surface area contributed by atoms with Crippen LogP contribution in [-0.4, -0.2) is 43.4 Å². The van der Waals surface area contributed by atoms with E-state index in [1.807, 2.05) is 0 Å². The minimum absolute atomic E-state index is 0.736. The van der Waals surface area contributed by atoms with Gasteiger partial charge in [0.1, 0.15) is 0 Å². The number of likely N-dealkylation sites (tertiary alicyclic amines) is 1. The maximum absolute atomic E-state index is 4.16. The number of likely N-dealkylation sites (N-methyl/N-ethyl adjacent to an activating group) is 1. The van der Waals surface area contributed by atoms with Crippen molar-refractivity contribution >= 4 is 12.6 Å². The van der Waals surface area contributed by atoms with Crippen molar-refractivity contribution in [1.82, 2.24) is 10.2 Å². The Labute approximate surface area is 74.8 Å². The first-order valence-electron chi connectivity index (χ1n) is 4.35. The Bertz CT molecular complexity index is 108. The van der Waals surface area contributed by atoms with E-state index >= 15 is 0 Å². The second-order valence-corrected chi connectivity index (χ2v) is 3.73. The molecule has 1 N–H and O–H groups in total. The van der Waals surface area contributed by atoms with Crippen molar-refractivity contribution in [3.63, 3.8) is 0 Å². The first-order valence-corrected chi connectivity index (χ1v) is 4.99. The van der Waals surface area contributed by atoms with Gasteiger partial charge in [-0.1, -0.05) is 0 Å². The molecule has 2 nitrogen and oxygen atoms in total. The monoisotopic (exact) mass is 174 g/mol. The molecule has 1 heterocycles. The topological polar surface area (TPSA) is 15.3 Å². The summed E-state index contributed by atoms with van der Waals surface area (Å²) >= 11 is 4.16. The van der Waals surface area contributed by atoms with E-state index < -0.39 is 0 Å². The Balaban J connectivity index is 1.99. The van der Waals surface area contributed by atoms with Gasteiger partial charge in [0, 0.05) is 12.6 Å². The Hall–Kier alpha value is 0.270. The number of hydrogen-bond donors (Lipinski definition) is 2. The highest BCUT2D eigenvalue weighted by molar-refractivity contribution is 7.80. The molecule has 0 aliphatic carbocycles. The Morgan fingerprint density at radius 1 is 1.64 bits per heavy atom. The van der Waals surface area contributed by atoms with E-state index in [9.17, 15) is 0 Å². The zero-order chi connectivity index (χ0) is 8.10. The summed E-state index contributed by atoms with van der Waals surface area (Å²) in [6.07, 6.45) is 2.49. The average Bonchev–Trinajstić information content (AvgIpc) is 2.37. The second-order valence-electron chi connectivity index (χ2n) is 3.28. The maximum atomic E-state index is 4.16. The molecule has 1 fully saturated rings. The molecule has 66 valence electrons. The zero-order valence-electron chi connectivity index (χ0n) is 7.21. The molecule has 0 bridgehead atoms. The number of thiol groups is 1. The zero-order valence-corrected chi connectivity index (χ0v) is 8.11. The molecule has 3 heteroatoms. The van der Waals surface area contributed by atoms with Crippen LogP contribution < -0.4 is 5.32 Å². The van der Waals surface area contributed by atoms with E-state index in [0.717, 1.165) is 18.3 Å². The van der Waals surface area contributed by atoms with Gasteiger partial charge in [0.2, 0.25) is 0 Å². The molecule has 0 saturated carbocycles. The predicted molar refractivity (Wildman–Crippen MR) is 52.4 cm³/mol. The molecule has 0 aromatic heterocycles. The molecule has 1 atom stereocenters. The fraction of sp³-hybridized carbons (Fsp3) is 1.00. The molecule has 0 radical (unpaired) electrons. The molecule has 0 aromatic rings. The van der Waals surface area contributed by atoms with Crippen LogP contribution in [-0.2, 0) is 0 Å². The molecule has 0 aromatic carbocycles. The Kier molecular flexibility index (Phi) is 4.26. The minimum Gasteiger partial charge on any atom is -0.313 e. The molecular weight excluding hydrogens is 156 g/mol. The van der Waals surface area contributed by atoms with Gasteiger partial charge in [-0.15, -0.1) is 0 Å². The van der Waals surface area contributed by atoms with Gasteiger partial charge in [-0.25, -0.2) is 0 Å². The van der Waals surface area contributed by atoms with Gasteiger partial charge in [-0.2, -0.15) is 12.6 Å². The molecule has 1 aliphatic heterocycles. The fourth-order valence-corrected chi connectivity index (χ4v) is 1.64. The highest BCUT2D eigenvalue weighted by Crippen LogP contribution is 2.05. The van der Waals surface area contributed by atoms with Crippen LogP contribution in [0.3, 0.4) is 0 Å². The van der Waals surface area contributed by atoms with Crippen LogP contribution in [0.4, 0.5) is 0 Å².